The molecule has 0 N–H and O–H groups in total. The van der Waals surface area contributed by atoms with E-state index in [-0.39, 0.29) is 5.92 Å². The topological polar surface area (TPSA) is 3.24 Å². The molecule has 3 heteroatoms. The minimum atomic E-state index is -0.509. The SMILES string of the molecule is Fc1ccc(C2CCN(Cc3ccccc3)C2)c(F)c1. The van der Waals surface area contributed by atoms with Crippen LogP contribution in [-0.2, 0) is 6.54 Å². The number of rotatable bonds is 3. The van der Waals surface area contributed by atoms with Crippen molar-refractivity contribution in [2.45, 2.75) is 18.9 Å². The summed E-state index contributed by atoms with van der Waals surface area (Å²) in [6.07, 6.45) is 0.926. The van der Waals surface area contributed by atoms with Gasteiger partial charge in [0.05, 0.1) is 0 Å². The van der Waals surface area contributed by atoms with Gasteiger partial charge in [-0.2, -0.15) is 0 Å². The van der Waals surface area contributed by atoms with E-state index in [1.165, 1.54) is 11.6 Å². The molecule has 0 bridgehead atoms. The van der Waals surface area contributed by atoms with E-state index in [1.54, 1.807) is 6.07 Å². The van der Waals surface area contributed by atoms with E-state index in [2.05, 4.69) is 17.0 Å². The molecule has 1 unspecified atom stereocenters. The third-order valence-electron chi connectivity index (χ3n) is 3.92. The van der Waals surface area contributed by atoms with Crippen LogP contribution in [0.15, 0.2) is 48.5 Å². The smallest absolute Gasteiger partial charge is 0.129 e. The summed E-state index contributed by atoms with van der Waals surface area (Å²) in [5.41, 5.74) is 1.91. The maximum Gasteiger partial charge on any atom is 0.129 e. The third-order valence-corrected chi connectivity index (χ3v) is 3.92. The van der Waals surface area contributed by atoms with Crippen LogP contribution in [0.2, 0.25) is 0 Å². The van der Waals surface area contributed by atoms with Crippen LogP contribution < -0.4 is 0 Å². The van der Waals surface area contributed by atoms with Gasteiger partial charge in [-0.3, -0.25) is 4.90 Å². The van der Waals surface area contributed by atoms with Crippen molar-refractivity contribution in [2.75, 3.05) is 13.1 Å². The van der Waals surface area contributed by atoms with Crippen LogP contribution >= 0.6 is 0 Å². The minimum absolute atomic E-state index is 0.166. The van der Waals surface area contributed by atoms with Crippen LogP contribution in [0, 0.1) is 11.6 Å². The molecule has 104 valence electrons. The second kappa shape index (κ2) is 5.71. The fraction of sp³-hybridized carbons (Fsp3) is 0.294. The van der Waals surface area contributed by atoms with Gasteiger partial charge >= 0.3 is 0 Å². The predicted molar refractivity (Wildman–Crippen MR) is 75.4 cm³/mol. The highest BCUT2D eigenvalue weighted by molar-refractivity contribution is 5.24. The molecule has 20 heavy (non-hydrogen) atoms. The van der Waals surface area contributed by atoms with Crippen LogP contribution in [0.1, 0.15) is 23.5 Å². The van der Waals surface area contributed by atoms with Gasteiger partial charge < -0.3 is 0 Å². The predicted octanol–water partition coefficient (Wildman–Crippen LogP) is 3.95. The highest BCUT2D eigenvalue weighted by atomic mass is 19.1. The quantitative estimate of drug-likeness (QED) is 0.818. The lowest BCUT2D eigenvalue weighted by Crippen LogP contribution is -2.19. The zero-order chi connectivity index (χ0) is 13.9. The second-order valence-corrected chi connectivity index (χ2v) is 5.37. The van der Waals surface area contributed by atoms with Gasteiger partial charge in [0.25, 0.3) is 0 Å². The van der Waals surface area contributed by atoms with Gasteiger partial charge in [-0.05, 0) is 30.2 Å². The maximum atomic E-state index is 13.8. The monoisotopic (exact) mass is 273 g/mol. The Morgan fingerprint density at radius 2 is 1.85 bits per heavy atom. The van der Waals surface area contributed by atoms with Crippen LogP contribution in [0.5, 0.6) is 0 Å². The summed E-state index contributed by atoms with van der Waals surface area (Å²) in [6, 6.07) is 14.2. The van der Waals surface area contributed by atoms with Crippen molar-refractivity contribution in [1.82, 2.24) is 4.90 Å². The summed E-state index contributed by atoms with van der Waals surface area (Å²) in [5.74, 6) is -0.763. The number of halogens is 2. The summed E-state index contributed by atoms with van der Waals surface area (Å²) in [4.78, 5) is 2.32. The number of benzene rings is 2. The molecule has 0 aliphatic carbocycles. The minimum Gasteiger partial charge on any atom is -0.298 e. The molecule has 3 rings (SSSR count). The summed E-state index contributed by atoms with van der Waals surface area (Å²) in [7, 11) is 0. The average Bonchev–Trinajstić information content (AvgIpc) is 2.88. The van der Waals surface area contributed by atoms with Crippen molar-refractivity contribution in [2.24, 2.45) is 0 Å². The first-order chi connectivity index (χ1) is 9.72. The second-order valence-electron chi connectivity index (χ2n) is 5.37. The molecule has 2 aromatic rings. The zero-order valence-electron chi connectivity index (χ0n) is 11.2. The van der Waals surface area contributed by atoms with Gasteiger partial charge in [-0.1, -0.05) is 36.4 Å². The van der Waals surface area contributed by atoms with Crippen molar-refractivity contribution < 1.29 is 8.78 Å². The summed E-state index contributed by atoms with van der Waals surface area (Å²) >= 11 is 0. The Kier molecular flexibility index (Phi) is 3.79. The summed E-state index contributed by atoms with van der Waals surface area (Å²) in [5, 5.41) is 0. The standard InChI is InChI=1S/C17H17F2N/c18-15-6-7-16(17(19)10-15)14-8-9-20(12-14)11-13-4-2-1-3-5-13/h1-7,10,14H,8-9,11-12H2. The highest BCUT2D eigenvalue weighted by Crippen LogP contribution is 2.30. The first-order valence-electron chi connectivity index (χ1n) is 6.93. The van der Waals surface area contributed by atoms with E-state index < -0.39 is 11.6 Å². The Morgan fingerprint density at radius 3 is 2.60 bits per heavy atom. The van der Waals surface area contributed by atoms with E-state index >= 15 is 0 Å². The van der Waals surface area contributed by atoms with Crippen LogP contribution in [0.25, 0.3) is 0 Å². The maximum absolute atomic E-state index is 13.8. The largest absolute Gasteiger partial charge is 0.298 e. The zero-order valence-corrected chi connectivity index (χ0v) is 11.2. The van der Waals surface area contributed by atoms with Crippen LogP contribution in [-0.4, -0.2) is 18.0 Å². The van der Waals surface area contributed by atoms with E-state index in [0.717, 1.165) is 32.1 Å². The lowest BCUT2D eigenvalue weighted by atomic mass is 9.98. The Balaban J connectivity index is 1.67. The molecule has 0 amide bonds. The molecular weight excluding hydrogens is 256 g/mol. The van der Waals surface area contributed by atoms with E-state index in [4.69, 9.17) is 0 Å². The fourth-order valence-corrected chi connectivity index (χ4v) is 2.90. The highest BCUT2D eigenvalue weighted by Gasteiger charge is 2.25. The third kappa shape index (κ3) is 2.88. The number of hydrogen-bond acceptors (Lipinski definition) is 1. The fourth-order valence-electron chi connectivity index (χ4n) is 2.90. The molecule has 0 saturated carbocycles. The molecule has 1 fully saturated rings. The average molecular weight is 273 g/mol. The Bertz CT molecular complexity index is 583. The Labute approximate surface area is 117 Å². The molecule has 1 saturated heterocycles. The van der Waals surface area contributed by atoms with Crippen LogP contribution in [0.4, 0.5) is 8.78 Å². The van der Waals surface area contributed by atoms with Gasteiger partial charge in [0, 0.05) is 25.1 Å². The molecule has 1 aliphatic heterocycles. The van der Waals surface area contributed by atoms with Gasteiger partial charge in [0.15, 0.2) is 0 Å². The lowest BCUT2D eigenvalue weighted by Gasteiger charge is -2.16. The first kappa shape index (κ1) is 13.3. The number of hydrogen-bond donors (Lipinski definition) is 0. The van der Waals surface area contributed by atoms with E-state index in [0.29, 0.717) is 5.56 Å². The summed E-state index contributed by atoms with van der Waals surface area (Å²) < 4.78 is 26.7. The summed E-state index contributed by atoms with van der Waals surface area (Å²) in [6.45, 7) is 2.67. The molecule has 2 aromatic carbocycles. The molecule has 1 aliphatic rings. The molecule has 1 heterocycles. The molecule has 1 atom stereocenters. The van der Waals surface area contributed by atoms with Crippen molar-refractivity contribution in [3.8, 4) is 0 Å². The normalized spacial score (nSPS) is 19.4. The molecule has 1 nitrogen and oxygen atoms in total. The van der Waals surface area contributed by atoms with Crippen LogP contribution in [0.3, 0.4) is 0 Å². The van der Waals surface area contributed by atoms with Crippen molar-refractivity contribution in [1.29, 1.82) is 0 Å². The van der Waals surface area contributed by atoms with Crippen molar-refractivity contribution >= 4 is 0 Å². The van der Waals surface area contributed by atoms with Gasteiger partial charge in [0.2, 0.25) is 0 Å². The first-order valence-corrected chi connectivity index (χ1v) is 6.93. The van der Waals surface area contributed by atoms with E-state index in [1.807, 2.05) is 18.2 Å². The molecular formula is C17H17F2N. The van der Waals surface area contributed by atoms with Crippen molar-refractivity contribution in [3.05, 3.63) is 71.3 Å². The Morgan fingerprint density at radius 1 is 1.05 bits per heavy atom. The molecule has 0 spiro atoms. The van der Waals surface area contributed by atoms with Gasteiger partial charge in [-0.25, -0.2) is 8.78 Å². The van der Waals surface area contributed by atoms with Gasteiger partial charge in [-0.15, -0.1) is 0 Å². The van der Waals surface area contributed by atoms with E-state index in [9.17, 15) is 8.78 Å². The number of nitrogens with zero attached hydrogens (tertiary/aromatic N) is 1. The van der Waals surface area contributed by atoms with Gasteiger partial charge in [0.1, 0.15) is 11.6 Å². The Hall–Kier alpha value is -1.74. The molecule has 0 radical (unpaired) electrons. The van der Waals surface area contributed by atoms with Crippen molar-refractivity contribution in [3.63, 3.8) is 0 Å². The number of likely N-dealkylation sites (tertiary alicyclic amines) is 1. The molecule has 0 aromatic heterocycles. The lowest BCUT2D eigenvalue weighted by molar-refractivity contribution is 0.326.